The maximum Gasteiger partial charge on any atom is 0.416 e. The van der Waals surface area contributed by atoms with Gasteiger partial charge in [-0.25, -0.2) is 4.79 Å². The molecular formula is C18H12ClF3N4O. The number of H-pyrrole nitrogens is 1. The quantitative estimate of drug-likeness (QED) is 0.584. The highest BCUT2D eigenvalue weighted by Crippen LogP contribution is 2.31. The van der Waals surface area contributed by atoms with Gasteiger partial charge >= 0.3 is 12.2 Å². The van der Waals surface area contributed by atoms with E-state index in [-0.39, 0.29) is 17.1 Å². The van der Waals surface area contributed by atoms with E-state index >= 15 is 0 Å². The predicted molar refractivity (Wildman–Crippen MR) is 95.3 cm³/mol. The molecule has 1 heterocycles. The summed E-state index contributed by atoms with van der Waals surface area (Å²) in [5.41, 5.74) is 0.978. The third-order valence-corrected chi connectivity index (χ3v) is 4.02. The summed E-state index contributed by atoms with van der Waals surface area (Å²) in [5, 5.41) is 14.7. The first kappa shape index (κ1) is 18.6. The molecule has 3 aromatic rings. The van der Waals surface area contributed by atoms with Crippen LogP contribution in [0.25, 0.3) is 10.9 Å². The fraction of sp³-hybridized carbons (Fsp3) is 0.111. The largest absolute Gasteiger partial charge is 0.416 e. The van der Waals surface area contributed by atoms with Gasteiger partial charge in [0.2, 0.25) is 0 Å². The number of rotatable bonds is 3. The molecule has 0 fully saturated rings. The van der Waals surface area contributed by atoms with E-state index in [4.69, 9.17) is 16.9 Å². The molecule has 27 heavy (non-hydrogen) atoms. The molecule has 0 saturated heterocycles. The van der Waals surface area contributed by atoms with E-state index in [1.54, 1.807) is 24.4 Å². The Bertz CT molecular complexity index is 1050. The van der Waals surface area contributed by atoms with Gasteiger partial charge in [0.05, 0.1) is 11.1 Å². The number of halogens is 4. The number of amides is 2. The van der Waals surface area contributed by atoms with Crippen LogP contribution in [-0.2, 0) is 12.7 Å². The standard InChI is InChI=1S/C18H12ClF3N4O/c19-13-4-10(3-12(5-13)18(20,21)22)8-25-17(27)26-14-1-2-15-11(7-23)9-24-16(15)6-14/h1-6,9,24H,8H2,(H2,25,26,27). The third-order valence-electron chi connectivity index (χ3n) is 3.80. The zero-order chi connectivity index (χ0) is 19.6. The minimum atomic E-state index is -4.52. The number of nitrogens with zero attached hydrogens (tertiary/aromatic N) is 1. The van der Waals surface area contributed by atoms with Gasteiger partial charge in [-0.1, -0.05) is 11.6 Å². The molecule has 0 aliphatic rings. The Kier molecular flexibility index (Phi) is 4.97. The SMILES string of the molecule is N#Cc1c[nH]c2cc(NC(=O)NCc3cc(Cl)cc(C(F)(F)F)c3)ccc12. The molecule has 0 atom stereocenters. The Balaban J connectivity index is 1.67. The fourth-order valence-electron chi connectivity index (χ4n) is 2.57. The van der Waals surface area contributed by atoms with Gasteiger partial charge in [0, 0.05) is 34.4 Å². The maximum absolute atomic E-state index is 12.8. The first-order chi connectivity index (χ1) is 12.8. The monoisotopic (exact) mass is 392 g/mol. The molecule has 0 aliphatic heterocycles. The highest BCUT2D eigenvalue weighted by Gasteiger charge is 2.31. The first-order valence-electron chi connectivity index (χ1n) is 7.69. The number of urea groups is 1. The molecular weight excluding hydrogens is 381 g/mol. The van der Waals surface area contributed by atoms with Crippen LogP contribution in [0.15, 0.2) is 42.6 Å². The molecule has 0 bridgehead atoms. The van der Waals surface area contributed by atoms with Crippen molar-refractivity contribution in [2.75, 3.05) is 5.32 Å². The van der Waals surface area contributed by atoms with Crippen molar-refractivity contribution in [1.29, 1.82) is 5.26 Å². The minimum Gasteiger partial charge on any atom is -0.360 e. The van der Waals surface area contributed by atoms with Crippen molar-refractivity contribution in [2.45, 2.75) is 12.7 Å². The third kappa shape index (κ3) is 4.33. The Labute approximate surface area is 156 Å². The van der Waals surface area contributed by atoms with Crippen LogP contribution < -0.4 is 10.6 Å². The van der Waals surface area contributed by atoms with Gasteiger partial charge in [-0.15, -0.1) is 0 Å². The Morgan fingerprint density at radius 1 is 1.22 bits per heavy atom. The summed E-state index contributed by atoms with van der Waals surface area (Å²) in [7, 11) is 0. The second kappa shape index (κ2) is 7.21. The molecule has 5 nitrogen and oxygen atoms in total. The van der Waals surface area contributed by atoms with Gasteiger partial charge in [0.1, 0.15) is 6.07 Å². The number of benzene rings is 2. The van der Waals surface area contributed by atoms with E-state index in [0.29, 0.717) is 16.8 Å². The normalized spacial score (nSPS) is 11.2. The second-order valence-electron chi connectivity index (χ2n) is 5.73. The van der Waals surface area contributed by atoms with E-state index in [1.165, 1.54) is 6.07 Å². The fourth-order valence-corrected chi connectivity index (χ4v) is 2.83. The number of nitrogens with one attached hydrogen (secondary N) is 3. The molecule has 3 rings (SSSR count). The van der Waals surface area contributed by atoms with Crippen LogP contribution in [0, 0.1) is 11.3 Å². The number of fused-ring (bicyclic) bond motifs is 1. The summed E-state index contributed by atoms with van der Waals surface area (Å²) in [6.07, 6.45) is -2.96. The second-order valence-corrected chi connectivity index (χ2v) is 6.16. The van der Waals surface area contributed by atoms with Crippen molar-refractivity contribution in [3.63, 3.8) is 0 Å². The van der Waals surface area contributed by atoms with Crippen LogP contribution in [0.1, 0.15) is 16.7 Å². The molecule has 3 N–H and O–H groups in total. The van der Waals surface area contributed by atoms with Crippen LogP contribution in [0.4, 0.5) is 23.7 Å². The van der Waals surface area contributed by atoms with Crippen molar-refractivity contribution in [3.8, 4) is 6.07 Å². The van der Waals surface area contributed by atoms with Gasteiger partial charge < -0.3 is 15.6 Å². The number of alkyl halides is 3. The lowest BCUT2D eigenvalue weighted by molar-refractivity contribution is -0.137. The molecule has 2 aromatic carbocycles. The average Bonchev–Trinajstić information content (AvgIpc) is 3.01. The molecule has 1 aromatic heterocycles. The van der Waals surface area contributed by atoms with E-state index in [9.17, 15) is 18.0 Å². The van der Waals surface area contributed by atoms with Gasteiger partial charge in [0.25, 0.3) is 0 Å². The van der Waals surface area contributed by atoms with Crippen molar-refractivity contribution >= 4 is 34.2 Å². The lowest BCUT2D eigenvalue weighted by Gasteiger charge is -2.11. The van der Waals surface area contributed by atoms with Crippen LogP contribution in [-0.4, -0.2) is 11.0 Å². The number of carbonyl (C=O) groups excluding carboxylic acids is 1. The first-order valence-corrected chi connectivity index (χ1v) is 8.07. The highest BCUT2D eigenvalue weighted by atomic mass is 35.5. The average molecular weight is 393 g/mol. The lowest BCUT2D eigenvalue weighted by Crippen LogP contribution is -2.28. The van der Waals surface area contributed by atoms with Crippen molar-refractivity contribution in [1.82, 2.24) is 10.3 Å². The van der Waals surface area contributed by atoms with Gasteiger partial charge in [-0.05, 0) is 42.0 Å². The summed E-state index contributed by atoms with van der Waals surface area (Å²) in [5.74, 6) is 0. The zero-order valence-corrected chi connectivity index (χ0v) is 14.4. The number of carbonyl (C=O) groups is 1. The molecule has 0 radical (unpaired) electrons. The van der Waals surface area contributed by atoms with E-state index < -0.39 is 17.8 Å². The van der Waals surface area contributed by atoms with Crippen molar-refractivity contribution in [3.05, 3.63) is 64.3 Å². The Hall–Kier alpha value is -3.18. The van der Waals surface area contributed by atoms with E-state index in [0.717, 1.165) is 17.5 Å². The molecule has 0 unspecified atom stereocenters. The molecule has 0 spiro atoms. The van der Waals surface area contributed by atoms with Gasteiger partial charge in [-0.3, -0.25) is 0 Å². The summed E-state index contributed by atoms with van der Waals surface area (Å²) < 4.78 is 38.4. The minimum absolute atomic E-state index is 0.0625. The molecule has 0 saturated carbocycles. The number of hydrogen-bond acceptors (Lipinski definition) is 2. The summed E-state index contributed by atoms with van der Waals surface area (Å²) in [6.45, 7) is -0.126. The van der Waals surface area contributed by atoms with Crippen LogP contribution >= 0.6 is 11.6 Å². The number of hydrogen-bond donors (Lipinski definition) is 3. The summed E-state index contributed by atoms with van der Waals surface area (Å²) in [4.78, 5) is 14.9. The van der Waals surface area contributed by atoms with Gasteiger partial charge in [0.15, 0.2) is 0 Å². The van der Waals surface area contributed by atoms with E-state index in [2.05, 4.69) is 15.6 Å². The van der Waals surface area contributed by atoms with Crippen molar-refractivity contribution < 1.29 is 18.0 Å². The smallest absolute Gasteiger partial charge is 0.360 e. The zero-order valence-electron chi connectivity index (χ0n) is 13.6. The number of nitriles is 1. The van der Waals surface area contributed by atoms with Crippen LogP contribution in [0.2, 0.25) is 5.02 Å². The van der Waals surface area contributed by atoms with Gasteiger partial charge in [-0.2, -0.15) is 18.4 Å². The van der Waals surface area contributed by atoms with Crippen LogP contribution in [0.3, 0.4) is 0 Å². The number of aromatic amines is 1. The lowest BCUT2D eigenvalue weighted by atomic mass is 10.1. The summed E-state index contributed by atoms with van der Waals surface area (Å²) >= 11 is 5.72. The summed E-state index contributed by atoms with van der Waals surface area (Å²) in [6, 6.07) is 9.53. The van der Waals surface area contributed by atoms with Crippen LogP contribution in [0.5, 0.6) is 0 Å². The number of anilines is 1. The highest BCUT2D eigenvalue weighted by molar-refractivity contribution is 6.30. The van der Waals surface area contributed by atoms with Crippen molar-refractivity contribution in [2.24, 2.45) is 0 Å². The Morgan fingerprint density at radius 3 is 2.70 bits per heavy atom. The number of aromatic nitrogens is 1. The maximum atomic E-state index is 12.8. The molecule has 9 heteroatoms. The Morgan fingerprint density at radius 2 is 2.00 bits per heavy atom. The molecule has 0 aliphatic carbocycles. The molecule has 2 amide bonds. The predicted octanol–water partition coefficient (Wildman–Crippen LogP) is 5.03. The molecule has 138 valence electrons. The van der Waals surface area contributed by atoms with E-state index in [1.807, 2.05) is 6.07 Å². The topological polar surface area (TPSA) is 80.7 Å².